The summed E-state index contributed by atoms with van der Waals surface area (Å²) in [5.41, 5.74) is 3.43. The maximum absolute atomic E-state index is 13.3. The van der Waals surface area contributed by atoms with Gasteiger partial charge in [-0.2, -0.15) is 16.9 Å². The number of amides is 1. The molecular formula is C24H22ClN3O4S2. The highest BCUT2D eigenvalue weighted by atomic mass is 35.5. The lowest BCUT2D eigenvalue weighted by Crippen LogP contribution is -2.39. The predicted molar refractivity (Wildman–Crippen MR) is 136 cm³/mol. The number of sulfonamides is 1. The number of nitrogens with one attached hydrogen (secondary N) is 1. The van der Waals surface area contributed by atoms with Gasteiger partial charge >= 0.3 is 0 Å². The van der Waals surface area contributed by atoms with Crippen molar-refractivity contribution in [3.05, 3.63) is 89.4 Å². The van der Waals surface area contributed by atoms with Crippen LogP contribution in [0.15, 0.2) is 88.9 Å². The zero-order valence-corrected chi connectivity index (χ0v) is 20.4. The number of halogens is 1. The van der Waals surface area contributed by atoms with Crippen molar-refractivity contribution in [2.45, 2.75) is 11.0 Å². The Hall–Kier alpha value is -3.01. The molecule has 0 spiro atoms. The first kappa shape index (κ1) is 24.1. The maximum Gasteiger partial charge on any atom is 0.264 e. The monoisotopic (exact) mass is 515 g/mol. The summed E-state index contributed by atoms with van der Waals surface area (Å²) in [6, 6.07) is 21.6. The van der Waals surface area contributed by atoms with Crippen LogP contribution >= 0.6 is 23.4 Å². The summed E-state index contributed by atoms with van der Waals surface area (Å²) in [6.07, 6.45) is 1.74. The van der Waals surface area contributed by atoms with Gasteiger partial charge in [0.2, 0.25) is 0 Å². The first-order valence-electron chi connectivity index (χ1n) is 10.4. The standard InChI is InChI=1S/C24H22ClN3O4S2/c25-19-5-4-6-20(13-19)28(34(30,31)23-7-2-1-3-8-23)15-24(29)27-26-14-18-9-11-21(12-10-18)32-22-16-33-17-22/h1-14,22H,15-17H2,(H,27,29)/b26-14-. The Balaban J connectivity index is 1.44. The largest absolute Gasteiger partial charge is 0.489 e. The Bertz CT molecular complexity index is 1260. The molecule has 176 valence electrons. The van der Waals surface area contributed by atoms with E-state index in [4.69, 9.17) is 16.3 Å². The third-order valence-electron chi connectivity index (χ3n) is 4.91. The van der Waals surface area contributed by atoms with E-state index in [0.29, 0.717) is 5.02 Å². The fraction of sp³-hybridized carbons (Fsp3) is 0.167. The van der Waals surface area contributed by atoms with Gasteiger partial charge in [0.25, 0.3) is 15.9 Å². The second kappa shape index (κ2) is 10.9. The van der Waals surface area contributed by atoms with Gasteiger partial charge in [-0.15, -0.1) is 0 Å². The minimum Gasteiger partial charge on any atom is -0.489 e. The number of ether oxygens (including phenoxy) is 1. The first-order valence-corrected chi connectivity index (χ1v) is 13.4. The minimum atomic E-state index is -4.01. The van der Waals surface area contributed by atoms with E-state index in [1.54, 1.807) is 36.4 Å². The Kier molecular flexibility index (Phi) is 7.77. The summed E-state index contributed by atoms with van der Waals surface area (Å²) < 4.78 is 33.3. The van der Waals surface area contributed by atoms with Crippen LogP contribution in [-0.2, 0) is 14.8 Å². The molecule has 34 heavy (non-hydrogen) atoms. The SMILES string of the molecule is O=C(CN(c1cccc(Cl)c1)S(=O)(=O)c1ccccc1)N/N=C\c1ccc(OC2CSC2)cc1. The van der Waals surface area contributed by atoms with E-state index in [-0.39, 0.29) is 16.7 Å². The molecule has 0 atom stereocenters. The van der Waals surface area contributed by atoms with E-state index in [2.05, 4.69) is 10.5 Å². The molecule has 1 aliphatic heterocycles. The normalized spacial score (nSPS) is 13.9. The molecule has 0 saturated carbocycles. The lowest BCUT2D eigenvalue weighted by atomic mass is 10.2. The molecule has 3 aromatic rings. The van der Waals surface area contributed by atoms with Crippen LogP contribution in [0.3, 0.4) is 0 Å². The van der Waals surface area contributed by atoms with Crippen LogP contribution in [0.2, 0.25) is 5.02 Å². The zero-order valence-electron chi connectivity index (χ0n) is 18.0. The molecule has 0 unspecified atom stereocenters. The number of carbonyl (C=O) groups is 1. The van der Waals surface area contributed by atoms with E-state index >= 15 is 0 Å². The Morgan fingerprint density at radius 2 is 1.82 bits per heavy atom. The molecule has 10 heteroatoms. The second-order valence-corrected chi connectivity index (χ2v) is 10.8. The van der Waals surface area contributed by atoms with Crippen molar-refractivity contribution in [2.75, 3.05) is 22.4 Å². The summed E-state index contributed by atoms with van der Waals surface area (Å²) >= 11 is 7.92. The maximum atomic E-state index is 13.3. The quantitative estimate of drug-likeness (QED) is 0.341. The molecule has 4 rings (SSSR count). The molecule has 1 heterocycles. The van der Waals surface area contributed by atoms with Crippen molar-refractivity contribution >= 4 is 51.2 Å². The smallest absolute Gasteiger partial charge is 0.264 e. The van der Waals surface area contributed by atoms with Crippen LogP contribution in [0.5, 0.6) is 5.75 Å². The van der Waals surface area contributed by atoms with Gasteiger partial charge in [-0.1, -0.05) is 35.9 Å². The van der Waals surface area contributed by atoms with E-state index in [1.165, 1.54) is 24.4 Å². The van der Waals surface area contributed by atoms with Crippen molar-refractivity contribution in [2.24, 2.45) is 5.10 Å². The molecular weight excluding hydrogens is 494 g/mol. The number of hydrogen-bond acceptors (Lipinski definition) is 6. The fourth-order valence-corrected chi connectivity index (χ4v) is 5.30. The molecule has 0 aromatic heterocycles. The number of hydrazone groups is 1. The fourth-order valence-electron chi connectivity index (χ4n) is 3.12. The lowest BCUT2D eigenvalue weighted by molar-refractivity contribution is -0.119. The number of thioether (sulfide) groups is 1. The van der Waals surface area contributed by atoms with Crippen molar-refractivity contribution in [1.82, 2.24) is 5.43 Å². The van der Waals surface area contributed by atoms with Gasteiger partial charge in [0, 0.05) is 16.5 Å². The topological polar surface area (TPSA) is 88.1 Å². The molecule has 0 bridgehead atoms. The number of benzene rings is 3. The molecule has 7 nitrogen and oxygen atoms in total. The number of rotatable bonds is 9. The zero-order chi connectivity index (χ0) is 24.0. The van der Waals surface area contributed by atoms with Crippen LogP contribution in [-0.4, -0.2) is 44.7 Å². The van der Waals surface area contributed by atoms with Crippen LogP contribution in [0, 0.1) is 0 Å². The van der Waals surface area contributed by atoms with Gasteiger partial charge in [0.05, 0.1) is 16.8 Å². The van der Waals surface area contributed by atoms with Crippen LogP contribution in [0.4, 0.5) is 5.69 Å². The van der Waals surface area contributed by atoms with Crippen LogP contribution in [0.25, 0.3) is 0 Å². The first-order chi connectivity index (χ1) is 16.4. The van der Waals surface area contributed by atoms with Crippen molar-refractivity contribution in [3.63, 3.8) is 0 Å². The highest BCUT2D eigenvalue weighted by Crippen LogP contribution is 2.26. The van der Waals surface area contributed by atoms with Crippen molar-refractivity contribution < 1.29 is 17.9 Å². The molecule has 1 amide bonds. The second-order valence-electron chi connectivity index (χ2n) is 7.44. The Labute approximate surface area is 207 Å². The summed E-state index contributed by atoms with van der Waals surface area (Å²) in [7, 11) is -4.01. The summed E-state index contributed by atoms with van der Waals surface area (Å²) in [4.78, 5) is 12.7. The average Bonchev–Trinajstić information content (AvgIpc) is 2.81. The molecule has 1 saturated heterocycles. The van der Waals surface area contributed by atoms with Gasteiger partial charge in [-0.25, -0.2) is 13.8 Å². The number of anilines is 1. The van der Waals surface area contributed by atoms with E-state index in [0.717, 1.165) is 27.1 Å². The summed E-state index contributed by atoms with van der Waals surface area (Å²) in [5.74, 6) is 2.19. The molecule has 0 aliphatic carbocycles. The minimum absolute atomic E-state index is 0.0640. The van der Waals surface area contributed by atoms with Gasteiger partial charge < -0.3 is 4.74 Å². The van der Waals surface area contributed by atoms with E-state index in [9.17, 15) is 13.2 Å². The van der Waals surface area contributed by atoms with Gasteiger partial charge in [-0.05, 0) is 60.2 Å². The van der Waals surface area contributed by atoms with Gasteiger partial charge in [0.1, 0.15) is 18.4 Å². The molecule has 3 aromatic carbocycles. The summed E-state index contributed by atoms with van der Waals surface area (Å²) in [5, 5.41) is 4.32. The highest BCUT2D eigenvalue weighted by Gasteiger charge is 2.27. The molecule has 1 N–H and O–H groups in total. The van der Waals surface area contributed by atoms with E-state index < -0.39 is 22.5 Å². The van der Waals surface area contributed by atoms with Crippen molar-refractivity contribution in [1.29, 1.82) is 0 Å². The van der Waals surface area contributed by atoms with E-state index in [1.807, 2.05) is 36.0 Å². The van der Waals surface area contributed by atoms with Crippen LogP contribution < -0.4 is 14.5 Å². The number of carbonyl (C=O) groups excluding carboxylic acids is 1. The van der Waals surface area contributed by atoms with Crippen molar-refractivity contribution in [3.8, 4) is 5.75 Å². The van der Waals surface area contributed by atoms with Gasteiger partial charge in [0.15, 0.2) is 0 Å². The number of nitrogens with zero attached hydrogens (tertiary/aromatic N) is 2. The Morgan fingerprint density at radius 1 is 1.09 bits per heavy atom. The lowest BCUT2D eigenvalue weighted by Gasteiger charge is -2.25. The highest BCUT2D eigenvalue weighted by molar-refractivity contribution is 8.00. The number of hydrogen-bond donors (Lipinski definition) is 1. The predicted octanol–water partition coefficient (Wildman–Crippen LogP) is 4.18. The molecule has 1 fully saturated rings. The molecule has 1 aliphatic rings. The summed E-state index contributed by atoms with van der Waals surface area (Å²) in [6.45, 7) is -0.471. The van der Waals surface area contributed by atoms with Gasteiger partial charge in [-0.3, -0.25) is 9.10 Å². The third kappa shape index (κ3) is 6.11. The average molecular weight is 516 g/mol. The molecule has 0 radical (unpaired) electrons. The van der Waals surface area contributed by atoms with Crippen LogP contribution in [0.1, 0.15) is 5.56 Å². The third-order valence-corrected chi connectivity index (χ3v) is 8.15. The Morgan fingerprint density at radius 3 is 2.47 bits per heavy atom.